The van der Waals surface area contributed by atoms with Gasteiger partial charge in [0.15, 0.2) is 0 Å². The molecule has 3 aliphatic carbocycles. The Labute approximate surface area is 180 Å². The Balaban J connectivity index is 1.26. The summed E-state index contributed by atoms with van der Waals surface area (Å²) < 4.78 is 5.57. The minimum absolute atomic E-state index is 0.0107. The normalized spacial score (nSPS) is 35.9. The van der Waals surface area contributed by atoms with Gasteiger partial charge in [-0.3, -0.25) is 4.79 Å². The number of carbonyl (C=O) groups is 1. The van der Waals surface area contributed by atoms with Crippen LogP contribution in [0.25, 0.3) is 0 Å². The lowest BCUT2D eigenvalue weighted by Crippen LogP contribution is -2.29. The lowest BCUT2D eigenvalue weighted by atomic mass is 9.69. The van der Waals surface area contributed by atoms with E-state index >= 15 is 0 Å². The molecule has 0 spiro atoms. The van der Waals surface area contributed by atoms with Crippen molar-refractivity contribution in [2.45, 2.75) is 136 Å². The second kappa shape index (κ2) is 12.4. The van der Waals surface area contributed by atoms with E-state index in [2.05, 4.69) is 6.92 Å². The molecule has 0 aliphatic heterocycles. The molecule has 2 nitrogen and oxygen atoms in total. The molecule has 0 aromatic rings. The monoisotopic (exact) mass is 404 g/mol. The van der Waals surface area contributed by atoms with Gasteiger partial charge in [-0.15, -0.1) is 0 Å². The minimum atomic E-state index is -0.0107. The van der Waals surface area contributed by atoms with Gasteiger partial charge in [0.25, 0.3) is 0 Å². The van der Waals surface area contributed by atoms with Crippen molar-refractivity contribution in [2.24, 2.45) is 29.6 Å². The van der Waals surface area contributed by atoms with Gasteiger partial charge in [0.05, 0.1) is 0 Å². The third kappa shape index (κ3) is 7.59. The molecule has 0 N–H and O–H groups in total. The van der Waals surface area contributed by atoms with Gasteiger partial charge in [-0.1, -0.05) is 84.5 Å². The van der Waals surface area contributed by atoms with Crippen LogP contribution in [0.3, 0.4) is 0 Å². The molecule has 29 heavy (non-hydrogen) atoms. The minimum Gasteiger partial charge on any atom is -0.462 e. The van der Waals surface area contributed by atoms with Crippen LogP contribution in [0.15, 0.2) is 0 Å². The predicted molar refractivity (Wildman–Crippen MR) is 122 cm³/mol. The highest BCUT2D eigenvalue weighted by Crippen LogP contribution is 2.42. The number of ether oxygens (including phenoxy) is 1. The lowest BCUT2D eigenvalue weighted by molar-refractivity contribution is -0.150. The van der Waals surface area contributed by atoms with Crippen molar-refractivity contribution in [3.63, 3.8) is 0 Å². The Hall–Kier alpha value is -0.530. The molecule has 168 valence electrons. The molecule has 0 bridgehead atoms. The third-order valence-electron chi connectivity index (χ3n) is 8.78. The van der Waals surface area contributed by atoms with Crippen molar-refractivity contribution in [1.29, 1.82) is 0 Å². The van der Waals surface area contributed by atoms with E-state index in [-0.39, 0.29) is 12.1 Å². The smallest absolute Gasteiger partial charge is 0.305 e. The first-order valence-electron chi connectivity index (χ1n) is 13.4. The van der Waals surface area contributed by atoms with Crippen molar-refractivity contribution in [3.05, 3.63) is 0 Å². The van der Waals surface area contributed by atoms with Crippen LogP contribution in [-0.2, 0) is 9.53 Å². The quantitative estimate of drug-likeness (QED) is 0.363. The number of esters is 1. The third-order valence-corrected chi connectivity index (χ3v) is 8.78. The van der Waals surface area contributed by atoms with E-state index < -0.39 is 0 Å². The summed E-state index contributed by atoms with van der Waals surface area (Å²) in [5, 5.41) is 0. The zero-order chi connectivity index (χ0) is 20.5. The Morgan fingerprint density at radius 3 is 1.59 bits per heavy atom. The molecule has 0 amide bonds. The summed E-state index contributed by atoms with van der Waals surface area (Å²) in [6.07, 6.45) is 24.9. The number of unbranched alkanes of at least 4 members (excludes halogenated alkanes) is 1. The van der Waals surface area contributed by atoms with Gasteiger partial charge in [-0.05, 0) is 68.1 Å². The van der Waals surface area contributed by atoms with Crippen LogP contribution in [-0.4, -0.2) is 12.1 Å². The summed E-state index contributed by atoms with van der Waals surface area (Å²) in [7, 11) is 0. The molecular weight excluding hydrogens is 356 g/mol. The van der Waals surface area contributed by atoms with E-state index in [0.717, 1.165) is 42.4 Å². The average Bonchev–Trinajstić information content (AvgIpc) is 2.78. The van der Waals surface area contributed by atoms with Crippen LogP contribution >= 0.6 is 0 Å². The Bertz CT molecular complexity index is 449. The van der Waals surface area contributed by atoms with E-state index in [4.69, 9.17) is 4.74 Å². The molecule has 3 aliphatic rings. The fraction of sp³-hybridized carbons (Fsp3) is 0.963. The van der Waals surface area contributed by atoms with Gasteiger partial charge in [0.2, 0.25) is 0 Å². The highest BCUT2D eigenvalue weighted by atomic mass is 16.5. The fourth-order valence-corrected chi connectivity index (χ4v) is 6.67. The van der Waals surface area contributed by atoms with Gasteiger partial charge in [0, 0.05) is 6.42 Å². The summed E-state index contributed by atoms with van der Waals surface area (Å²) in [5.41, 5.74) is 0. The summed E-state index contributed by atoms with van der Waals surface area (Å²) in [6.45, 7) is 4.22. The molecule has 0 saturated heterocycles. The van der Waals surface area contributed by atoms with Crippen molar-refractivity contribution in [3.8, 4) is 0 Å². The summed E-state index contributed by atoms with van der Waals surface area (Å²) in [6, 6.07) is 0. The molecule has 3 rings (SSSR count). The van der Waals surface area contributed by atoms with Crippen molar-refractivity contribution in [1.82, 2.24) is 0 Å². The molecule has 0 unspecified atom stereocenters. The highest BCUT2D eigenvalue weighted by Gasteiger charge is 2.32. The maximum atomic E-state index is 11.5. The number of hydrogen-bond donors (Lipinski definition) is 0. The van der Waals surface area contributed by atoms with Crippen molar-refractivity contribution < 1.29 is 9.53 Å². The SMILES string of the molecule is CCCC[C@H]1CC[C@H](CCC2CCC(C3CCC(OC(=O)CC)CC3)CC2)CC1. The van der Waals surface area contributed by atoms with E-state index in [1.165, 1.54) is 96.3 Å². The van der Waals surface area contributed by atoms with Crippen LogP contribution in [0.5, 0.6) is 0 Å². The van der Waals surface area contributed by atoms with E-state index in [9.17, 15) is 4.79 Å². The highest BCUT2D eigenvalue weighted by molar-refractivity contribution is 5.69. The van der Waals surface area contributed by atoms with Crippen molar-refractivity contribution in [2.75, 3.05) is 0 Å². The maximum Gasteiger partial charge on any atom is 0.305 e. The number of rotatable bonds is 9. The molecule has 0 aromatic heterocycles. The van der Waals surface area contributed by atoms with Crippen LogP contribution < -0.4 is 0 Å². The summed E-state index contributed by atoms with van der Waals surface area (Å²) >= 11 is 0. The first kappa shape index (κ1) is 23.1. The zero-order valence-corrected chi connectivity index (χ0v) is 19.5. The number of hydrogen-bond acceptors (Lipinski definition) is 2. The molecular formula is C27H48O2. The average molecular weight is 405 g/mol. The van der Waals surface area contributed by atoms with Crippen LogP contribution in [0.2, 0.25) is 0 Å². The van der Waals surface area contributed by atoms with Crippen molar-refractivity contribution >= 4 is 5.97 Å². The molecule has 2 heteroatoms. The Morgan fingerprint density at radius 1 is 0.655 bits per heavy atom. The summed E-state index contributed by atoms with van der Waals surface area (Å²) in [5.74, 6) is 4.98. The Kier molecular flexibility index (Phi) is 9.86. The molecule has 0 heterocycles. The fourth-order valence-electron chi connectivity index (χ4n) is 6.67. The zero-order valence-electron chi connectivity index (χ0n) is 19.5. The molecule has 3 saturated carbocycles. The number of carbonyl (C=O) groups excluding carboxylic acids is 1. The van der Waals surface area contributed by atoms with Gasteiger partial charge in [-0.25, -0.2) is 0 Å². The van der Waals surface area contributed by atoms with E-state index in [1.54, 1.807) is 0 Å². The first-order chi connectivity index (χ1) is 14.2. The second-order valence-electron chi connectivity index (χ2n) is 10.8. The lowest BCUT2D eigenvalue weighted by Gasteiger charge is -2.38. The van der Waals surface area contributed by atoms with Gasteiger partial charge >= 0.3 is 5.97 Å². The Morgan fingerprint density at radius 2 is 1.10 bits per heavy atom. The molecule has 0 aromatic carbocycles. The first-order valence-corrected chi connectivity index (χ1v) is 13.4. The van der Waals surface area contributed by atoms with Gasteiger partial charge < -0.3 is 4.74 Å². The van der Waals surface area contributed by atoms with Gasteiger partial charge in [-0.2, -0.15) is 0 Å². The summed E-state index contributed by atoms with van der Waals surface area (Å²) in [4.78, 5) is 11.5. The molecule has 0 atom stereocenters. The predicted octanol–water partition coefficient (Wildman–Crippen LogP) is 8.08. The topological polar surface area (TPSA) is 26.3 Å². The van der Waals surface area contributed by atoms with Gasteiger partial charge in [0.1, 0.15) is 6.10 Å². The molecule has 0 radical (unpaired) electrons. The van der Waals surface area contributed by atoms with Crippen LogP contribution in [0.4, 0.5) is 0 Å². The van der Waals surface area contributed by atoms with Crippen LogP contribution in [0.1, 0.15) is 129 Å². The van der Waals surface area contributed by atoms with E-state index in [0.29, 0.717) is 6.42 Å². The van der Waals surface area contributed by atoms with Crippen LogP contribution in [0, 0.1) is 29.6 Å². The second-order valence-corrected chi connectivity index (χ2v) is 10.8. The largest absolute Gasteiger partial charge is 0.462 e. The standard InChI is InChI=1S/C27H48O2/c1-3-5-6-21-7-9-22(10-8-21)11-12-23-13-15-24(16-14-23)25-17-19-26(20-18-25)29-27(28)4-2/h21-26H,3-20H2,1-2H3/t21-,22-,23?,24?,25?,26?. The van der Waals surface area contributed by atoms with E-state index in [1.807, 2.05) is 6.92 Å². The molecule has 3 fully saturated rings. The maximum absolute atomic E-state index is 11.5.